The second-order valence-corrected chi connectivity index (χ2v) is 2.82. The summed E-state index contributed by atoms with van der Waals surface area (Å²) in [5.74, 6) is -0.132. The average Bonchev–Trinajstić information content (AvgIpc) is 2.37. The number of amides is 1. The van der Waals surface area contributed by atoms with Crippen molar-refractivity contribution in [3.8, 4) is 0 Å². The second kappa shape index (κ2) is 4.39. The first-order valence-electron chi connectivity index (χ1n) is 3.99. The molecule has 0 bridgehead atoms. The minimum atomic E-state index is -0.577. The molecule has 0 aromatic rings. The number of hydrogen-bond acceptors (Lipinski definition) is 4. The van der Waals surface area contributed by atoms with E-state index in [2.05, 4.69) is 5.32 Å². The van der Waals surface area contributed by atoms with E-state index in [0.29, 0.717) is 26.2 Å². The van der Waals surface area contributed by atoms with Crippen LogP contribution in [0, 0.1) is 0 Å². The Kier molecular flexibility index (Phi) is 3.46. The van der Waals surface area contributed by atoms with Gasteiger partial charge in [0.25, 0.3) is 0 Å². The van der Waals surface area contributed by atoms with E-state index < -0.39 is 6.10 Å². The summed E-state index contributed by atoms with van der Waals surface area (Å²) in [7, 11) is 0. The molecule has 70 valence electrons. The van der Waals surface area contributed by atoms with Crippen molar-refractivity contribution >= 4 is 5.91 Å². The topological polar surface area (TPSA) is 84.6 Å². The zero-order valence-corrected chi connectivity index (χ0v) is 6.82. The zero-order chi connectivity index (χ0) is 8.97. The van der Waals surface area contributed by atoms with Crippen LogP contribution in [0.3, 0.4) is 0 Å². The molecule has 1 rings (SSSR count). The van der Waals surface area contributed by atoms with E-state index in [0.717, 1.165) is 0 Å². The Morgan fingerprint density at radius 2 is 2.42 bits per heavy atom. The molecule has 5 nitrogen and oxygen atoms in total. The van der Waals surface area contributed by atoms with Crippen molar-refractivity contribution in [2.75, 3.05) is 19.8 Å². The van der Waals surface area contributed by atoms with E-state index in [9.17, 15) is 9.90 Å². The maximum absolute atomic E-state index is 11.0. The maximum Gasteiger partial charge on any atom is 0.221 e. The predicted molar refractivity (Wildman–Crippen MR) is 42.4 cm³/mol. The van der Waals surface area contributed by atoms with Gasteiger partial charge in [-0.05, 0) is 0 Å². The van der Waals surface area contributed by atoms with Gasteiger partial charge in [-0.25, -0.2) is 0 Å². The van der Waals surface area contributed by atoms with E-state index in [1.807, 2.05) is 0 Å². The Labute approximate surface area is 70.9 Å². The molecular formula is C7H14N2O3. The maximum atomic E-state index is 11.0. The zero-order valence-electron chi connectivity index (χ0n) is 6.82. The fraction of sp³-hybridized carbons (Fsp3) is 0.857. The van der Waals surface area contributed by atoms with Gasteiger partial charge in [0.2, 0.25) is 5.91 Å². The van der Waals surface area contributed by atoms with Crippen molar-refractivity contribution in [3.05, 3.63) is 0 Å². The average molecular weight is 174 g/mol. The summed E-state index contributed by atoms with van der Waals surface area (Å²) in [5.41, 5.74) is 5.18. The fourth-order valence-corrected chi connectivity index (χ4v) is 1.09. The number of ether oxygens (including phenoxy) is 1. The quantitative estimate of drug-likeness (QED) is 0.472. The number of carbonyl (C=O) groups is 1. The van der Waals surface area contributed by atoms with Gasteiger partial charge in [0, 0.05) is 13.0 Å². The van der Waals surface area contributed by atoms with Crippen molar-refractivity contribution in [3.63, 3.8) is 0 Å². The molecule has 1 fully saturated rings. The van der Waals surface area contributed by atoms with E-state index in [1.54, 1.807) is 0 Å². The Morgan fingerprint density at radius 1 is 1.67 bits per heavy atom. The van der Waals surface area contributed by atoms with Crippen molar-refractivity contribution in [2.24, 2.45) is 5.73 Å². The molecule has 0 unspecified atom stereocenters. The molecule has 1 aliphatic rings. The van der Waals surface area contributed by atoms with E-state index in [-0.39, 0.29) is 11.9 Å². The largest absolute Gasteiger partial charge is 0.388 e. The monoisotopic (exact) mass is 174 g/mol. The van der Waals surface area contributed by atoms with E-state index >= 15 is 0 Å². The van der Waals surface area contributed by atoms with Gasteiger partial charge in [-0.3, -0.25) is 4.79 Å². The lowest BCUT2D eigenvalue weighted by Gasteiger charge is -2.13. The summed E-state index contributed by atoms with van der Waals surface area (Å²) in [6.45, 7) is 1.01. The molecule has 0 aliphatic carbocycles. The van der Waals surface area contributed by atoms with Crippen LogP contribution in [0.5, 0.6) is 0 Å². The summed E-state index contributed by atoms with van der Waals surface area (Å²) in [5, 5.41) is 11.9. The van der Waals surface area contributed by atoms with Gasteiger partial charge < -0.3 is 20.9 Å². The third-order valence-corrected chi connectivity index (χ3v) is 1.77. The van der Waals surface area contributed by atoms with Crippen LogP contribution in [0.15, 0.2) is 0 Å². The van der Waals surface area contributed by atoms with Crippen molar-refractivity contribution in [1.29, 1.82) is 0 Å². The molecule has 0 spiro atoms. The SMILES string of the molecule is NCCC(=O)N[C@@H]1COC[C@H]1O. The normalized spacial score (nSPS) is 28.8. The molecule has 1 heterocycles. The molecule has 5 heteroatoms. The van der Waals surface area contributed by atoms with Gasteiger partial charge in [0.15, 0.2) is 0 Å². The molecule has 0 aromatic heterocycles. The first-order valence-corrected chi connectivity index (χ1v) is 3.99. The minimum Gasteiger partial charge on any atom is -0.388 e. The van der Waals surface area contributed by atoms with E-state index in [4.69, 9.17) is 10.5 Å². The van der Waals surface area contributed by atoms with Gasteiger partial charge in [-0.15, -0.1) is 0 Å². The molecule has 2 atom stereocenters. The Bertz CT molecular complexity index is 163. The molecular weight excluding hydrogens is 160 g/mol. The number of rotatable bonds is 3. The Morgan fingerprint density at radius 3 is 2.92 bits per heavy atom. The number of nitrogens with one attached hydrogen (secondary N) is 1. The standard InChI is InChI=1S/C7H14N2O3/c8-2-1-7(11)9-5-3-12-4-6(5)10/h5-6,10H,1-4,8H2,(H,9,11)/t5-,6-/m1/s1. The van der Waals surface area contributed by atoms with Gasteiger partial charge in [0.1, 0.15) is 0 Å². The third kappa shape index (κ3) is 2.44. The predicted octanol–water partition coefficient (Wildman–Crippen LogP) is -1.79. The van der Waals surface area contributed by atoms with Crippen LogP contribution in [0.25, 0.3) is 0 Å². The van der Waals surface area contributed by atoms with Crippen LogP contribution in [-0.2, 0) is 9.53 Å². The molecule has 12 heavy (non-hydrogen) atoms. The van der Waals surface area contributed by atoms with Crippen LogP contribution in [-0.4, -0.2) is 42.9 Å². The summed E-state index contributed by atoms with van der Waals surface area (Å²) in [6.07, 6.45) is -0.282. The lowest BCUT2D eigenvalue weighted by molar-refractivity contribution is -0.122. The number of carbonyl (C=O) groups excluding carboxylic acids is 1. The van der Waals surface area contributed by atoms with Gasteiger partial charge in [0.05, 0.1) is 25.4 Å². The van der Waals surface area contributed by atoms with Crippen LogP contribution in [0.4, 0.5) is 0 Å². The minimum absolute atomic E-state index is 0.132. The molecule has 0 saturated carbocycles. The summed E-state index contributed by atoms with van der Waals surface area (Å²) in [4.78, 5) is 11.0. The molecule has 1 aliphatic heterocycles. The smallest absolute Gasteiger partial charge is 0.221 e. The van der Waals surface area contributed by atoms with Crippen LogP contribution >= 0.6 is 0 Å². The highest BCUT2D eigenvalue weighted by atomic mass is 16.5. The molecule has 1 saturated heterocycles. The highest BCUT2D eigenvalue weighted by Gasteiger charge is 2.26. The van der Waals surface area contributed by atoms with Gasteiger partial charge >= 0.3 is 0 Å². The molecule has 1 amide bonds. The summed E-state index contributed by atoms with van der Waals surface area (Å²) >= 11 is 0. The Balaban J connectivity index is 2.25. The number of aliphatic hydroxyl groups is 1. The van der Waals surface area contributed by atoms with Crippen LogP contribution in [0.2, 0.25) is 0 Å². The number of nitrogens with two attached hydrogens (primary N) is 1. The second-order valence-electron chi connectivity index (χ2n) is 2.82. The first-order chi connectivity index (χ1) is 5.74. The van der Waals surface area contributed by atoms with Crippen LogP contribution < -0.4 is 11.1 Å². The highest BCUT2D eigenvalue weighted by Crippen LogP contribution is 2.04. The van der Waals surface area contributed by atoms with Crippen molar-refractivity contribution in [2.45, 2.75) is 18.6 Å². The van der Waals surface area contributed by atoms with E-state index in [1.165, 1.54) is 0 Å². The number of hydrogen-bond donors (Lipinski definition) is 3. The Hall–Kier alpha value is -0.650. The molecule has 4 N–H and O–H groups in total. The highest BCUT2D eigenvalue weighted by molar-refractivity contribution is 5.76. The van der Waals surface area contributed by atoms with Crippen molar-refractivity contribution in [1.82, 2.24) is 5.32 Å². The third-order valence-electron chi connectivity index (χ3n) is 1.77. The fourth-order valence-electron chi connectivity index (χ4n) is 1.09. The van der Waals surface area contributed by atoms with Gasteiger partial charge in [-0.1, -0.05) is 0 Å². The lowest BCUT2D eigenvalue weighted by atomic mass is 10.2. The van der Waals surface area contributed by atoms with Gasteiger partial charge in [-0.2, -0.15) is 0 Å². The van der Waals surface area contributed by atoms with Crippen LogP contribution in [0.1, 0.15) is 6.42 Å². The number of aliphatic hydroxyl groups excluding tert-OH is 1. The van der Waals surface area contributed by atoms with Crippen molar-refractivity contribution < 1.29 is 14.6 Å². The summed E-state index contributed by atoms with van der Waals surface area (Å²) in [6, 6.07) is -0.260. The first kappa shape index (κ1) is 9.44. The summed E-state index contributed by atoms with van der Waals surface area (Å²) < 4.78 is 4.95. The molecule has 0 radical (unpaired) electrons. The molecule has 0 aromatic carbocycles. The lowest BCUT2D eigenvalue weighted by Crippen LogP contribution is -2.43.